The summed E-state index contributed by atoms with van der Waals surface area (Å²) in [6.45, 7) is 0. The van der Waals surface area contributed by atoms with E-state index in [4.69, 9.17) is 0 Å². The minimum atomic E-state index is 0.672. The minimum absolute atomic E-state index is 0.672. The van der Waals surface area contributed by atoms with Crippen molar-refractivity contribution in [3.05, 3.63) is 23.1 Å². The Kier molecular flexibility index (Phi) is 1.85. The van der Waals surface area contributed by atoms with Gasteiger partial charge in [-0.2, -0.15) is 0 Å². The van der Waals surface area contributed by atoms with Crippen molar-refractivity contribution in [2.24, 2.45) is 0 Å². The van der Waals surface area contributed by atoms with Crippen LogP contribution in [0, 0.1) is 0 Å². The summed E-state index contributed by atoms with van der Waals surface area (Å²) in [7, 11) is 0.672. The van der Waals surface area contributed by atoms with Crippen molar-refractivity contribution in [3.8, 4) is 0 Å². The highest BCUT2D eigenvalue weighted by atomic mass is 32.2. The zero-order valence-corrected chi connectivity index (χ0v) is 6.99. The molecule has 0 unspecified atom stereocenters. The molecule has 0 aromatic carbocycles. The van der Waals surface area contributed by atoms with Gasteiger partial charge >= 0.3 is 0 Å². The third-order valence-electron chi connectivity index (χ3n) is 2.10. The highest BCUT2D eigenvalue weighted by Gasteiger charge is 2.28. The van der Waals surface area contributed by atoms with Gasteiger partial charge in [-0.3, -0.25) is 0 Å². The summed E-state index contributed by atoms with van der Waals surface area (Å²) in [5.41, 5.74) is 0. The maximum absolute atomic E-state index is 2.40. The summed E-state index contributed by atoms with van der Waals surface area (Å²) in [6.07, 6.45) is 11.1. The van der Waals surface area contributed by atoms with Crippen LogP contribution in [0.1, 0.15) is 19.3 Å². The Balaban J connectivity index is 2.03. The molecule has 1 aliphatic heterocycles. The van der Waals surface area contributed by atoms with Gasteiger partial charge in [-0.05, 0) is 31.4 Å². The molecule has 0 saturated carbocycles. The fourth-order valence-electron chi connectivity index (χ4n) is 1.54. The van der Waals surface area contributed by atoms with Crippen LogP contribution in [0.5, 0.6) is 0 Å². The third-order valence-corrected chi connectivity index (χ3v) is 4.63. The quantitative estimate of drug-likeness (QED) is 0.507. The van der Waals surface area contributed by atoms with Crippen LogP contribution in [0.2, 0.25) is 0 Å². The van der Waals surface area contributed by atoms with E-state index in [1.807, 2.05) is 0 Å². The average Bonchev–Trinajstić information content (AvgIpc) is 2.59. The van der Waals surface area contributed by atoms with Gasteiger partial charge in [0.15, 0.2) is 4.91 Å². The molecule has 0 atom stereocenters. The van der Waals surface area contributed by atoms with Crippen molar-refractivity contribution in [2.45, 2.75) is 19.3 Å². The van der Waals surface area contributed by atoms with Crippen LogP contribution in [-0.4, -0.2) is 11.5 Å². The van der Waals surface area contributed by atoms with Gasteiger partial charge in [0.05, 0.1) is 0 Å². The standard InChI is InChI=1S/C9H13S/c1-2-6-9(5-1)10-7-3-4-8-10/h1,5-6H,2-4,7-8H2/q+1. The van der Waals surface area contributed by atoms with E-state index in [1.54, 1.807) is 4.91 Å². The highest BCUT2D eigenvalue weighted by molar-refractivity contribution is 8.00. The molecule has 0 amide bonds. The van der Waals surface area contributed by atoms with E-state index in [1.165, 1.54) is 30.8 Å². The lowest BCUT2D eigenvalue weighted by atomic mass is 10.4. The summed E-state index contributed by atoms with van der Waals surface area (Å²) >= 11 is 0. The number of allylic oxidation sites excluding steroid dienone is 3. The lowest BCUT2D eigenvalue weighted by molar-refractivity contribution is 0.949. The first-order valence-electron chi connectivity index (χ1n) is 4.01. The molecule has 1 aliphatic carbocycles. The molecule has 0 aromatic rings. The Hall–Kier alpha value is -0.170. The van der Waals surface area contributed by atoms with Crippen LogP contribution in [0.25, 0.3) is 0 Å². The van der Waals surface area contributed by atoms with Gasteiger partial charge in [0.25, 0.3) is 0 Å². The van der Waals surface area contributed by atoms with E-state index in [0.29, 0.717) is 10.9 Å². The molecule has 2 rings (SSSR count). The third kappa shape index (κ3) is 1.15. The molecule has 0 aromatic heterocycles. The molecular weight excluding hydrogens is 140 g/mol. The molecule has 1 heteroatoms. The molecule has 0 spiro atoms. The first kappa shape index (κ1) is 6.53. The maximum Gasteiger partial charge on any atom is 0.150 e. The fourth-order valence-corrected chi connectivity index (χ4v) is 3.94. The highest BCUT2D eigenvalue weighted by Crippen LogP contribution is 2.25. The van der Waals surface area contributed by atoms with Crippen molar-refractivity contribution >= 4 is 10.9 Å². The van der Waals surface area contributed by atoms with Crippen LogP contribution >= 0.6 is 0 Å². The molecule has 1 heterocycles. The van der Waals surface area contributed by atoms with E-state index < -0.39 is 0 Å². The Bertz CT molecular complexity index is 173. The Morgan fingerprint density at radius 1 is 1.20 bits per heavy atom. The van der Waals surface area contributed by atoms with Crippen molar-refractivity contribution in [1.82, 2.24) is 0 Å². The lowest BCUT2D eigenvalue weighted by Crippen LogP contribution is -2.03. The van der Waals surface area contributed by atoms with Crippen molar-refractivity contribution < 1.29 is 0 Å². The fraction of sp³-hybridized carbons (Fsp3) is 0.556. The zero-order valence-electron chi connectivity index (χ0n) is 6.18. The summed E-state index contributed by atoms with van der Waals surface area (Å²) in [5.74, 6) is 2.94. The molecular formula is C9H13S+. The Morgan fingerprint density at radius 2 is 2.00 bits per heavy atom. The summed E-state index contributed by atoms with van der Waals surface area (Å²) in [5, 5.41) is 0. The number of hydrogen-bond donors (Lipinski definition) is 0. The topological polar surface area (TPSA) is 0 Å². The summed E-state index contributed by atoms with van der Waals surface area (Å²) in [6, 6.07) is 0. The van der Waals surface area contributed by atoms with E-state index in [0.717, 1.165) is 0 Å². The molecule has 1 saturated heterocycles. The number of hydrogen-bond acceptors (Lipinski definition) is 0. The van der Waals surface area contributed by atoms with E-state index in [-0.39, 0.29) is 0 Å². The second-order valence-corrected chi connectivity index (χ2v) is 5.13. The Morgan fingerprint density at radius 3 is 2.60 bits per heavy atom. The predicted molar refractivity (Wildman–Crippen MR) is 48.2 cm³/mol. The van der Waals surface area contributed by atoms with Crippen molar-refractivity contribution in [3.63, 3.8) is 0 Å². The number of rotatable bonds is 1. The van der Waals surface area contributed by atoms with Crippen LogP contribution in [0.4, 0.5) is 0 Å². The van der Waals surface area contributed by atoms with Gasteiger partial charge in [0.1, 0.15) is 11.5 Å². The molecule has 0 N–H and O–H groups in total. The minimum Gasteiger partial charge on any atom is -0.0756 e. The van der Waals surface area contributed by atoms with Crippen LogP contribution in [0.15, 0.2) is 23.1 Å². The molecule has 54 valence electrons. The summed E-state index contributed by atoms with van der Waals surface area (Å²) in [4.78, 5) is 1.65. The van der Waals surface area contributed by atoms with Gasteiger partial charge in [-0.15, -0.1) is 0 Å². The van der Waals surface area contributed by atoms with Crippen LogP contribution in [0.3, 0.4) is 0 Å². The first-order chi connectivity index (χ1) is 4.97. The zero-order chi connectivity index (χ0) is 6.81. The van der Waals surface area contributed by atoms with Gasteiger partial charge in [0, 0.05) is 10.9 Å². The smallest absolute Gasteiger partial charge is 0.0756 e. The second kappa shape index (κ2) is 2.83. The average molecular weight is 153 g/mol. The molecule has 0 radical (unpaired) electrons. The van der Waals surface area contributed by atoms with E-state index in [9.17, 15) is 0 Å². The van der Waals surface area contributed by atoms with E-state index in [2.05, 4.69) is 18.2 Å². The SMILES string of the molecule is C1=CC([S+]2CCCC2)=CC1. The normalized spacial score (nSPS) is 25.8. The Labute approximate surface area is 65.4 Å². The van der Waals surface area contributed by atoms with Gasteiger partial charge in [0.2, 0.25) is 0 Å². The molecule has 10 heavy (non-hydrogen) atoms. The van der Waals surface area contributed by atoms with Crippen molar-refractivity contribution in [2.75, 3.05) is 11.5 Å². The molecule has 0 bridgehead atoms. The maximum atomic E-state index is 2.40. The second-order valence-electron chi connectivity index (χ2n) is 2.85. The van der Waals surface area contributed by atoms with Crippen molar-refractivity contribution in [1.29, 1.82) is 0 Å². The van der Waals surface area contributed by atoms with Gasteiger partial charge < -0.3 is 0 Å². The largest absolute Gasteiger partial charge is 0.150 e. The molecule has 2 aliphatic rings. The van der Waals surface area contributed by atoms with Gasteiger partial charge in [-0.1, -0.05) is 6.08 Å². The first-order valence-corrected chi connectivity index (χ1v) is 5.57. The molecule has 0 nitrogen and oxygen atoms in total. The van der Waals surface area contributed by atoms with Crippen LogP contribution < -0.4 is 0 Å². The van der Waals surface area contributed by atoms with Crippen LogP contribution in [-0.2, 0) is 10.9 Å². The van der Waals surface area contributed by atoms with Gasteiger partial charge in [-0.25, -0.2) is 0 Å². The monoisotopic (exact) mass is 153 g/mol. The lowest BCUT2D eigenvalue weighted by Gasteiger charge is -1.95. The summed E-state index contributed by atoms with van der Waals surface area (Å²) < 4.78 is 0. The molecule has 1 fully saturated rings. The predicted octanol–water partition coefficient (Wildman–Crippen LogP) is 2.24. The van der Waals surface area contributed by atoms with E-state index >= 15 is 0 Å².